The fourth-order valence-corrected chi connectivity index (χ4v) is 2.75. The van der Waals surface area contributed by atoms with Crippen LogP contribution >= 0.6 is 11.6 Å². The van der Waals surface area contributed by atoms with E-state index in [0.29, 0.717) is 18.0 Å². The molecule has 0 aromatic heterocycles. The molecular formula is C20H25ClN2O2. The second-order valence-corrected chi connectivity index (χ2v) is 7.04. The predicted molar refractivity (Wildman–Crippen MR) is 103 cm³/mol. The van der Waals surface area contributed by atoms with Gasteiger partial charge in [-0.1, -0.05) is 23.7 Å². The molecule has 0 saturated carbocycles. The Hall–Kier alpha value is -2.20. The number of benzene rings is 2. The number of halogens is 1. The number of carbonyl (C=O) groups excluding carboxylic acids is 1. The second kappa shape index (κ2) is 8.26. The molecule has 0 heterocycles. The highest BCUT2D eigenvalue weighted by Gasteiger charge is 2.14. The van der Waals surface area contributed by atoms with Crippen LogP contribution in [0.15, 0.2) is 42.5 Å². The van der Waals surface area contributed by atoms with Crippen molar-refractivity contribution >= 4 is 23.2 Å². The van der Waals surface area contributed by atoms with Gasteiger partial charge in [0.1, 0.15) is 5.75 Å². The molecule has 0 unspecified atom stereocenters. The van der Waals surface area contributed by atoms with Gasteiger partial charge in [-0.25, -0.2) is 0 Å². The lowest BCUT2D eigenvalue weighted by Gasteiger charge is -2.29. The normalized spacial score (nSPS) is 10.8. The Morgan fingerprint density at radius 1 is 1.12 bits per heavy atom. The first-order valence-electron chi connectivity index (χ1n) is 8.31. The Balaban J connectivity index is 2.20. The lowest BCUT2D eigenvalue weighted by atomic mass is 10.1. The van der Waals surface area contributed by atoms with E-state index in [1.807, 2.05) is 24.3 Å². The zero-order valence-corrected chi connectivity index (χ0v) is 15.9. The topological polar surface area (TPSA) is 43.8 Å². The Labute approximate surface area is 154 Å². The molecule has 2 aromatic rings. The fraction of sp³-hybridized carbons (Fsp3) is 0.350. The molecule has 1 amide bonds. The molecule has 5 heteroatoms. The van der Waals surface area contributed by atoms with Crippen LogP contribution in [0.5, 0.6) is 5.75 Å². The van der Waals surface area contributed by atoms with Crippen LogP contribution in [-0.4, -0.2) is 36.1 Å². The Morgan fingerprint density at radius 2 is 1.76 bits per heavy atom. The van der Waals surface area contributed by atoms with E-state index in [1.165, 1.54) is 0 Å². The first-order chi connectivity index (χ1) is 11.8. The van der Waals surface area contributed by atoms with Crippen molar-refractivity contribution in [2.45, 2.75) is 32.9 Å². The molecule has 0 aliphatic heterocycles. The Bertz CT molecular complexity index is 727. The van der Waals surface area contributed by atoms with Crippen molar-refractivity contribution in [3.8, 4) is 5.75 Å². The van der Waals surface area contributed by atoms with Crippen LogP contribution in [0.3, 0.4) is 0 Å². The number of phenolic OH excluding ortho intramolecular Hbond substituents is 1. The maximum atomic E-state index is 11.8. The van der Waals surface area contributed by atoms with Gasteiger partial charge in [0.05, 0.1) is 6.42 Å². The molecule has 1 N–H and O–H groups in total. The van der Waals surface area contributed by atoms with Crippen molar-refractivity contribution in [3.63, 3.8) is 0 Å². The van der Waals surface area contributed by atoms with Crippen LogP contribution < -0.4 is 4.90 Å². The molecular weight excluding hydrogens is 336 g/mol. The van der Waals surface area contributed by atoms with Gasteiger partial charge in [0, 0.05) is 37.4 Å². The molecule has 0 aliphatic carbocycles. The maximum Gasteiger partial charge on any atom is 0.226 e. The van der Waals surface area contributed by atoms with Gasteiger partial charge in [0.25, 0.3) is 0 Å². The summed E-state index contributed by atoms with van der Waals surface area (Å²) < 4.78 is 0. The number of rotatable bonds is 6. The zero-order chi connectivity index (χ0) is 18.6. The van der Waals surface area contributed by atoms with Crippen molar-refractivity contribution in [1.82, 2.24) is 4.90 Å². The van der Waals surface area contributed by atoms with E-state index in [9.17, 15) is 9.90 Å². The summed E-state index contributed by atoms with van der Waals surface area (Å²) in [5.74, 6) is 0.292. The molecule has 0 radical (unpaired) electrons. The number of anilines is 1. The van der Waals surface area contributed by atoms with Crippen molar-refractivity contribution in [1.29, 1.82) is 0 Å². The smallest absolute Gasteiger partial charge is 0.226 e. The number of hydrogen-bond donors (Lipinski definition) is 1. The third-order valence-electron chi connectivity index (χ3n) is 4.12. The van der Waals surface area contributed by atoms with Crippen LogP contribution in [0.2, 0.25) is 5.02 Å². The van der Waals surface area contributed by atoms with Crippen molar-refractivity contribution < 1.29 is 9.90 Å². The van der Waals surface area contributed by atoms with Gasteiger partial charge in [-0.05, 0) is 55.3 Å². The fourth-order valence-electron chi connectivity index (χ4n) is 2.58. The first-order valence-corrected chi connectivity index (χ1v) is 8.69. The summed E-state index contributed by atoms with van der Waals surface area (Å²) in [6.07, 6.45) is 0.396. The Morgan fingerprint density at radius 3 is 2.32 bits per heavy atom. The molecule has 25 heavy (non-hydrogen) atoms. The monoisotopic (exact) mass is 360 g/mol. The number of likely N-dealkylation sites (N-methyl/N-ethyl adjacent to an activating group) is 1. The van der Waals surface area contributed by atoms with Crippen LogP contribution in [0, 0.1) is 0 Å². The van der Waals surface area contributed by atoms with E-state index < -0.39 is 0 Å². The van der Waals surface area contributed by atoms with Crippen molar-refractivity contribution in [3.05, 3.63) is 58.6 Å². The highest BCUT2D eigenvalue weighted by Crippen LogP contribution is 2.26. The Kier molecular flexibility index (Phi) is 6.32. The van der Waals surface area contributed by atoms with E-state index in [1.54, 1.807) is 37.2 Å². The lowest BCUT2D eigenvalue weighted by Crippen LogP contribution is -2.30. The highest BCUT2D eigenvalue weighted by atomic mass is 35.5. The summed E-state index contributed by atoms with van der Waals surface area (Å²) >= 11 is 6.26. The molecule has 4 nitrogen and oxygen atoms in total. The minimum absolute atomic E-state index is 0.0833. The third-order valence-corrected chi connectivity index (χ3v) is 4.48. The number of phenols is 1. The SMILES string of the molecule is CC(C)N(Cc1cc(O)ccc1Cl)c1ccc(CC(=O)N(C)C)cc1. The second-order valence-electron chi connectivity index (χ2n) is 6.63. The van der Waals surface area contributed by atoms with Gasteiger partial charge in [-0.3, -0.25) is 4.79 Å². The van der Waals surface area contributed by atoms with Crippen molar-refractivity contribution in [2.24, 2.45) is 0 Å². The summed E-state index contributed by atoms with van der Waals surface area (Å²) in [6, 6.07) is 13.3. The van der Waals surface area contributed by atoms with Crippen molar-refractivity contribution in [2.75, 3.05) is 19.0 Å². The average Bonchev–Trinajstić information content (AvgIpc) is 2.56. The summed E-state index contributed by atoms with van der Waals surface area (Å²) in [7, 11) is 3.52. The van der Waals surface area contributed by atoms with Gasteiger partial charge in [0.15, 0.2) is 0 Å². The van der Waals surface area contributed by atoms with Gasteiger partial charge >= 0.3 is 0 Å². The molecule has 2 rings (SSSR count). The van der Waals surface area contributed by atoms with Crippen LogP contribution in [0.1, 0.15) is 25.0 Å². The number of amides is 1. The summed E-state index contributed by atoms with van der Waals surface area (Å²) in [5, 5.41) is 10.3. The minimum Gasteiger partial charge on any atom is -0.508 e. The first kappa shape index (κ1) is 19.1. The van der Waals surface area contributed by atoms with Gasteiger partial charge < -0.3 is 14.9 Å². The van der Waals surface area contributed by atoms with E-state index in [4.69, 9.17) is 11.6 Å². The molecule has 0 atom stereocenters. The highest BCUT2D eigenvalue weighted by molar-refractivity contribution is 6.31. The zero-order valence-electron chi connectivity index (χ0n) is 15.2. The van der Waals surface area contributed by atoms with Crippen LogP contribution in [0.25, 0.3) is 0 Å². The van der Waals surface area contributed by atoms with E-state index in [0.717, 1.165) is 16.8 Å². The predicted octanol–water partition coefficient (Wildman–Crippen LogP) is 4.09. The van der Waals surface area contributed by atoms with E-state index in [2.05, 4.69) is 18.7 Å². The number of carbonyl (C=O) groups is 1. The average molecular weight is 361 g/mol. The maximum absolute atomic E-state index is 11.8. The number of aromatic hydroxyl groups is 1. The largest absolute Gasteiger partial charge is 0.508 e. The summed E-state index contributed by atoms with van der Waals surface area (Å²) in [5.41, 5.74) is 2.92. The molecule has 0 saturated heterocycles. The molecule has 2 aromatic carbocycles. The van der Waals surface area contributed by atoms with Gasteiger partial charge in [-0.2, -0.15) is 0 Å². The molecule has 0 bridgehead atoms. The summed E-state index contributed by atoms with van der Waals surface area (Å²) in [6.45, 7) is 4.82. The van der Waals surface area contributed by atoms with Crippen LogP contribution in [-0.2, 0) is 17.8 Å². The lowest BCUT2D eigenvalue weighted by molar-refractivity contribution is -0.127. The van der Waals surface area contributed by atoms with E-state index in [-0.39, 0.29) is 17.7 Å². The standard InChI is InChI=1S/C20H25ClN2O2/c1-14(2)23(13-16-12-18(24)9-10-19(16)21)17-7-5-15(6-8-17)11-20(25)22(3)4/h5-10,12,14,24H,11,13H2,1-4H3. The van der Waals surface area contributed by atoms with E-state index >= 15 is 0 Å². The molecule has 134 valence electrons. The van der Waals surface area contributed by atoms with Gasteiger partial charge in [-0.15, -0.1) is 0 Å². The third kappa shape index (κ3) is 5.13. The summed E-state index contributed by atoms with van der Waals surface area (Å²) in [4.78, 5) is 15.6. The van der Waals surface area contributed by atoms with Gasteiger partial charge in [0.2, 0.25) is 5.91 Å². The molecule has 0 spiro atoms. The number of nitrogens with zero attached hydrogens (tertiary/aromatic N) is 2. The molecule has 0 aliphatic rings. The number of hydrogen-bond acceptors (Lipinski definition) is 3. The minimum atomic E-state index is 0.0833. The molecule has 0 fully saturated rings. The quantitative estimate of drug-likeness (QED) is 0.843. The van der Waals surface area contributed by atoms with Crippen LogP contribution in [0.4, 0.5) is 5.69 Å².